The molecule has 1 saturated carbocycles. The Kier molecular flexibility index (Phi) is 5.07. The molecule has 0 bridgehead atoms. The Balaban J connectivity index is 2.05. The van der Waals surface area contributed by atoms with Gasteiger partial charge in [-0.3, -0.25) is 4.99 Å². The van der Waals surface area contributed by atoms with Crippen LogP contribution in [-0.4, -0.2) is 25.6 Å². The molecule has 1 aromatic carbocycles. The molecule has 1 aliphatic rings. The van der Waals surface area contributed by atoms with Gasteiger partial charge in [-0.2, -0.15) is 0 Å². The molecule has 0 radical (unpaired) electrons. The highest BCUT2D eigenvalue weighted by Crippen LogP contribution is 2.48. The van der Waals surface area contributed by atoms with E-state index in [1.165, 1.54) is 18.4 Å². The Morgan fingerprint density at radius 2 is 2.25 bits per heavy atom. The first-order valence-corrected chi connectivity index (χ1v) is 7.47. The van der Waals surface area contributed by atoms with Crippen molar-refractivity contribution in [2.75, 3.05) is 19.6 Å². The lowest BCUT2D eigenvalue weighted by Crippen LogP contribution is -2.38. The van der Waals surface area contributed by atoms with Crippen molar-refractivity contribution in [3.05, 3.63) is 47.5 Å². The van der Waals surface area contributed by atoms with Crippen LogP contribution < -0.4 is 10.6 Å². The van der Waals surface area contributed by atoms with Crippen molar-refractivity contribution < 1.29 is 0 Å². The minimum Gasteiger partial charge on any atom is -0.357 e. The number of nitrogens with one attached hydrogen (secondary N) is 2. The van der Waals surface area contributed by atoms with Gasteiger partial charge >= 0.3 is 0 Å². The summed E-state index contributed by atoms with van der Waals surface area (Å²) >= 11 is 6.09. The van der Waals surface area contributed by atoms with Gasteiger partial charge in [0.2, 0.25) is 0 Å². The van der Waals surface area contributed by atoms with Crippen molar-refractivity contribution in [1.82, 2.24) is 10.6 Å². The normalized spacial score (nSPS) is 16.6. The fourth-order valence-electron chi connectivity index (χ4n) is 2.25. The zero-order valence-corrected chi connectivity index (χ0v) is 12.7. The van der Waals surface area contributed by atoms with Gasteiger partial charge in [-0.25, -0.2) is 0 Å². The van der Waals surface area contributed by atoms with Gasteiger partial charge in [0, 0.05) is 23.5 Å². The van der Waals surface area contributed by atoms with Gasteiger partial charge in [0.1, 0.15) is 0 Å². The largest absolute Gasteiger partial charge is 0.357 e. The van der Waals surface area contributed by atoms with Crippen LogP contribution in [0.3, 0.4) is 0 Å². The SMILES string of the molecule is C=CCNC(=NCC1(c2cccc(Cl)c2)CC1)NCC. The zero-order chi connectivity index (χ0) is 14.4. The van der Waals surface area contributed by atoms with E-state index in [0.717, 1.165) is 30.6 Å². The van der Waals surface area contributed by atoms with E-state index in [1.807, 2.05) is 18.2 Å². The van der Waals surface area contributed by atoms with Crippen LogP contribution in [0.5, 0.6) is 0 Å². The molecule has 1 aliphatic carbocycles. The summed E-state index contributed by atoms with van der Waals surface area (Å²) in [5.74, 6) is 0.848. The maximum absolute atomic E-state index is 6.09. The van der Waals surface area contributed by atoms with Gasteiger partial charge < -0.3 is 10.6 Å². The minimum atomic E-state index is 0.182. The van der Waals surface area contributed by atoms with Crippen molar-refractivity contribution in [3.8, 4) is 0 Å². The van der Waals surface area contributed by atoms with Crippen molar-refractivity contribution in [1.29, 1.82) is 0 Å². The lowest BCUT2D eigenvalue weighted by Gasteiger charge is -2.15. The fourth-order valence-corrected chi connectivity index (χ4v) is 2.44. The Hall–Kier alpha value is -1.48. The van der Waals surface area contributed by atoms with Crippen LogP contribution in [0, 0.1) is 0 Å². The van der Waals surface area contributed by atoms with Gasteiger partial charge in [-0.05, 0) is 37.5 Å². The first kappa shape index (κ1) is 14.9. The van der Waals surface area contributed by atoms with E-state index in [0.29, 0.717) is 0 Å². The predicted octanol–water partition coefficient (Wildman–Crippen LogP) is 3.11. The summed E-state index contributed by atoms with van der Waals surface area (Å²) in [5, 5.41) is 7.27. The molecule has 3 nitrogen and oxygen atoms in total. The van der Waals surface area contributed by atoms with Crippen LogP contribution in [0.15, 0.2) is 41.9 Å². The van der Waals surface area contributed by atoms with Crippen LogP contribution >= 0.6 is 11.6 Å². The molecular formula is C16H22ClN3. The standard InChI is InChI=1S/C16H22ClN3/c1-3-10-19-15(18-4-2)20-12-16(8-9-16)13-6-5-7-14(17)11-13/h3,5-7,11H,1,4,8-10,12H2,2H3,(H2,18,19,20). The van der Waals surface area contributed by atoms with Crippen molar-refractivity contribution >= 4 is 17.6 Å². The Labute approximate surface area is 126 Å². The van der Waals surface area contributed by atoms with Crippen LogP contribution in [0.25, 0.3) is 0 Å². The quantitative estimate of drug-likeness (QED) is 0.480. The molecule has 0 unspecified atom stereocenters. The van der Waals surface area contributed by atoms with E-state index in [4.69, 9.17) is 16.6 Å². The first-order valence-electron chi connectivity index (χ1n) is 7.09. The van der Waals surface area contributed by atoms with Crippen molar-refractivity contribution in [3.63, 3.8) is 0 Å². The van der Waals surface area contributed by atoms with Gasteiger partial charge in [0.05, 0.1) is 6.54 Å². The molecule has 1 aromatic rings. The van der Waals surface area contributed by atoms with E-state index < -0.39 is 0 Å². The van der Waals surface area contributed by atoms with Crippen molar-refractivity contribution in [2.24, 2.45) is 4.99 Å². The van der Waals surface area contributed by atoms with Gasteiger partial charge in [-0.15, -0.1) is 6.58 Å². The smallest absolute Gasteiger partial charge is 0.191 e. The average molecular weight is 292 g/mol. The van der Waals surface area contributed by atoms with Crippen LogP contribution in [0.4, 0.5) is 0 Å². The van der Waals surface area contributed by atoms with Crippen LogP contribution in [0.1, 0.15) is 25.3 Å². The van der Waals surface area contributed by atoms with Crippen LogP contribution in [0.2, 0.25) is 5.02 Å². The Morgan fingerprint density at radius 3 is 2.85 bits per heavy atom. The number of benzene rings is 1. The summed E-state index contributed by atoms with van der Waals surface area (Å²) in [6, 6.07) is 8.15. The molecule has 0 heterocycles. The molecule has 2 N–H and O–H groups in total. The minimum absolute atomic E-state index is 0.182. The first-order chi connectivity index (χ1) is 9.70. The number of hydrogen-bond donors (Lipinski definition) is 2. The summed E-state index contributed by atoms with van der Waals surface area (Å²) in [6.07, 6.45) is 4.19. The van der Waals surface area contributed by atoms with Crippen LogP contribution in [-0.2, 0) is 5.41 Å². The summed E-state index contributed by atoms with van der Waals surface area (Å²) in [6.45, 7) is 8.14. The van der Waals surface area contributed by atoms with Gasteiger partial charge in [-0.1, -0.05) is 29.8 Å². The summed E-state index contributed by atoms with van der Waals surface area (Å²) < 4.78 is 0. The molecule has 0 saturated heterocycles. The van der Waals surface area contributed by atoms with Gasteiger partial charge in [0.25, 0.3) is 0 Å². The number of nitrogens with zero attached hydrogens (tertiary/aromatic N) is 1. The highest BCUT2D eigenvalue weighted by atomic mass is 35.5. The summed E-state index contributed by atoms with van der Waals surface area (Å²) in [7, 11) is 0. The molecule has 0 aliphatic heterocycles. The molecule has 0 aromatic heterocycles. The van der Waals surface area contributed by atoms with E-state index in [-0.39, 0.29) is 5.41 Å². The Morgan fingerprint density at radius 1 is 1.45 bits per heavy atom. The lowest BCUT2D eigenvalue weighted by molar-refractivity contribution is 0.696. The third kappa shape index (κ3) is 3.76. The maximum Gasteiger partial charge on any atom is 0.191 e. The maximum atomic E-state index is 6.09. The number of aliphatic imine (C=N–C) groups is 1. The summed E-state index contributed by atoms with van der Waals surface area (Å²) in [5.41, 5.74) is 1.48. The molecule has 1 fully saturated rings. The molecular weight excluding hydrogens is 270 g/mol. The van der Waals surface area contributed by atoms with Crippen molar-refractivity contribution in [2.45, 2.75) is 25.2 Å². The Bertz CT molecular complexity index is 492. The number of rotatable bonds is 6. The molecule has 108 valence electrons. The molecule has 2 rings (SSSR count). The third-order valence-corrected chi connectivity index (χ3v) is 3.82. The molecule has 0 atom stereocenters. The highest BCUT2D eigenvalue weighted by molar-refractivity contribution is 6.30. The highest BCUT2D eigenvalue weighted by Gasteiger charge is 2.44. The second-order valence-corrected chi connectivity index (χ2v) is 5.59. The summed E-state index contributed by atoms with van der Waals surface area (Å²) in [4.78, 5) is 4.69. The van der Waals surface area contributed by atoms with Gasteiger partial charge in [0.15, 0.2) is 5.96 Å². The third-order valence-electron chi connectivity index (χ3n) is 3.59. The average Bonchev–Trinajstić information content (AvgIpc) is 3.23. The molecule has 4 heteroatoms. The van der Waals surface area contributed by atoms with E-state index in [1.54, 1.807) is 0 Å². The fraction of sp³-hybridized carbons (Fsp3) is 0.438. The van der Waals surface area contributed by atoms with E-state index in [2.05, 4.69) is 36.3 Å². The molecule has 0 amide bonds. The number of guanidine groups is 1. The molecule has 0 spiro atoms. The number of hydrogen-bond acceptors (Lipinski definition) is 1. The number of halogens is 1. The second kappa shape index (κ2) is 6.80. The van der Waals surface area contributed by atoms with E-state index >= 15 is 0 Å². The zero-order valence-electron chi connectivity index (χ0n) is 12.0. The molecule has 20 heavy (non-hydrogen) atoms. The van der Waals surface area contributed by atoms with E-state index in [9.17, 15) is 0 Å². The predicted molar refractivity (Wildman–Crippen MR) is 86.5 cm³/mol. The second-order valence-electron chi connectivity index (χ2n) is 5.16. The lowest BCUT2D eigenvalue weighted by atomic mass is 9.96. The monoisotopic (exact) mass is 291 g/mol. The topological polar surface area (TPSA) is 36.4 Å².